The Morgan fingerprint density at radius 2 is 1.93 bits per heavy atom. The summed E-state index contributed by atoms with van der Waals surface area (Å²) in [6.07, 6.45) is 5.35. The van der Waals surface area contributed by atoms with Gasteiger partial charge < -0.3 is 5.32 Å². The molecule has 2 atom stereocenters. The number of hydrogen-bond donors (Lipinski definition) is 1. The number of nitrogens with one attached hydrogen (secondary N) is 1. The molecule has 1 aliphatic carbocycles. The summed E-state index contributed by atoms with van der Waals surface area (Å²) in [6.45, 7) is 2.38. The van der Waals surface area contributed by atoms with Crippen LogP contribution in [0.3, 0.4) is 0 Å². The van der Waals surface area contributed by atoms with Crippen LogP contribution in [0.25, 0.3) is 0 Å². The Morgan fingerprint density at radius 1 is 1.20 bits per heavy atom. The summed E-state index contributed by atoms with van der Waals surface area (Å²) in [7, 11) is 2.11. The van der Waals surface area contributed by atoms with Gasteiger partial charge in [-0.05, 0) is 31.4 Å². The van der Waals surface area contributed by atoms with E-state index in [4.69, 9.17) is 0 Å². The smallest absolute Gasteiger partial charge is 0.0458 e. The fourth-order valence-corrected chi connectivity index (χ4v) is 3.03. The molecule has 0 saturated heterocycles. The highest BCUT2D eigenvalue weighted by Gasteiger charge is 2.37. The fraction of sp³-hybridized carbons (Fsp3) is 0.571. The predicted molar refractivity (Wildman–Crippen MR) is 64.8 cm³/mol. The highest BCUT2D eigenvalue weighted by Crippen LogP contribution is 2.40. The maximum absolute atomic E-state index is 3.58. The van der Waals surface area contributed by atoms with Crippen molar-refractivity contribution >= 4 is 0 Å². The third-order valence-electron chi connectivity index (χ3n) is 4.03. The van der Waals surface area contributed by atoms with E-state index in [0.29, 0.717) is 0 Å². The summed E-state index contributed by atoms with van der Waals surface area (Å²) in [4.78, 5) is 0. The van der Waals surface area contributed by atoms with Crippen LogP contribution in [0.5, 0.6) is 0 Å². The van der Waals surface area contributed by atoms with Crippen molar-refractivity contribution < 1.29 is 0 Å². The zero-order chi connectivity index (χ0) is 10.7. The summed E-state index contributed by atoms with van der Waals surface area (Å²) >= 11 is 0. The SMILES string of the molecule is CNC1(c2ccccc2)CCCCC1C. The van der Waals surface area contributed by atoms with Crippen molar-refractivity contribution in [2.75, 3.05) is 7.05 Å². The second-order valence-corrected chi connectivity index (χ2v) is 4.73. The van der Waals surface area contributed by atoms with Crippen molar-refractivity contribution in [2.45, 2.75) is 38.1 Å². The van der Waals surface area contributed by atoms with Crippen LogP contribution in [0.15, 0.2) is 30.3 Å². The Kier molecular flexibility index (Phi) is 3.11. The maximum Gasteiger partial charge on any atom is 0.0458 e. The number of rotatable bonds is 2. The topological polar surface area (TPSA) is 12.0 Å². The first-order valence-corrected chi connectivity index (χ1v) is 6.04. The first kappa shape index (κ1) is 10.7. The molecular formula is C14H21N. The van der Waals surface area contributed by atoms with E-state index >= 15 is 0 Å². The standard InChI is InChI=1S/C14H21N/c1-12-8-6-7-11-14(12,15-2)13-9-4-3-5-10-13/h3-5,9-10,12,15H,6-8,11H2,1-2H3. The largest absolute Gasteiger partial charge is 0.310 e. The first-order valence-electron chi connectivity index (χ1n) is 6.04. The molecule has 1 aliphatic rings. The summed E-state index contributed by atoms with van der Waals surface area (Å²) in [5.41, 5.74) is 1.68. The third kappa shape index (κ3) is 1.81. The fourth-order valence-electron chi connectivity index (χ4n) is 3.03. The molecule has 1 aromatic rings. The molecule has 0 bridgehead atoms. The van der Waals surface area contributed by atoms with Crippen molar-refractivity contribution in [3.8, 4) is 0 Å². The van der Waals surface area contributed by atoms with E-state index in [1.54, 1.807) is 0 Å². The van der Waals surface area contributed by atoms with Crippen LogP contribution in [-0.4, -0.2) is 7.05 Å². The van der Waals surface area contributed by atoms with Crippen molar-refractivity contribution in [3.63, 3.8) is 0 Å². The third-order valence-corrected chi connectivity index (χ3v) is 4.03. The molecule has 82 valence electrons. The van der Waals surface area contributed by atoms with Gasteiger partial charge in [0.25, 0.3) is 0 Å². The van der Waals surface area contributed by atoms with Crippen LogP contribution in [-0.2, 0) is 5.54 Å². The van der Waals surface area contributed by atoms with Gasteiger partial charge in [-0.25, -0.2) is 0 Å². The number of benzene rings is 1. The van der Waals surface area contributed by atoms with Crippen LogP contribution >= 0.6 is 0 Å². The molecule has 0 radical (unpaired) electrons. The highest BCUT2D eigenvalue weighted by molar-refractivity contribution is 5.26. The van der Waals surface area contributed by atoms with Gasteiger partial charge in [0.1, 0.15) is 0 Å². The van der Waals surface area contributed by atoms with Gasteiger partial charge in [-0.3, -0.25) is 0 Å². The van der Waals surface area contributed by atoms with Crippen LogP contribution in [0.4, 0.5) is 0 Å². The lowest BCUT2D eigenvalue weighted by Crippen LogP contribution is -2.47. The summed E-state index contributed by atoms with van der Waals surface area (Å²) in [6, 6.07) is 10.9. The Morgan fingerprint density at radius 3 is 2.53 bits per heavy atom. The molecular weight excluding hydrogens is 182 g/mol. The van der Waals surface area contributed by atoms with Gasteiger partial charge in [0, 0.05) is 5.54 Å². The second kappa shape index (κ2) is 4.36. The van der Waals surface area contributed by atoms with E-state index in [2.05, 4.69) is 49.6 Å². The minimum Gasteiger partial charge on any atom is -0.310 e. The Hall–Kier alpha value is -0.820. The van der Waals surface area contributed by atoms with Crippen LogP contribution in [0.1, 0.15) is 38.2 Å². The van der Waals surface area contributed by atoms with Gasteiger partial charge in [0.2, 0.25) is 0 Å². The van der Waals surface area contributed by atoms with Gasteiger partial charge >= 0.3 is 0 Å². The van der Waals surface area contributed by atoms with Crippen molar-refractivity contribution in [2.24, 2.45) is 5.92 Å². The lowest BCUT2D eigenvalue weighted by atomic mass is 9.70. The molecule has 1 saturated carbocycles. The van der Waals surface area contributed by atoms with E-state index in [-0.39, 0.29) is 5.54 Å². The minimum absolute atomic E-state index is 0.222. The summed E-state index contributed by atoms with van der Waals surface area (Å²) in [5, 5.41) is 3.58. The van der Waals surface area contributed by atoms with E-state index in [0.717, 1.165) is 5.92 Å². The molecule has 2 unspecified atom stereocenters. The molecule has 0 heterocycles. The van der Waals surface area contributed by atoms with Gasteiger partial charge in [-0.1, -0.05) is 50.1 Å². The normalized spacial score (nSPS) is 31.5. The number of hydrogen-bond acceptors (Lipinski definition) is 1. The molecule has 15 heavy (non-hydrogen) atoms. The monoisotopic (exact) mass is 203 g/mol. The minimum atomic E-state index is 0.222. The lowest BCUT2D eigenvalue weighted by molar-refractivity contribution is 0.165. The Bertz CT molecular complexity index is 306. The van der Waals surface area contributed by atoms with E-state index < -0.39 is 0 Å². The zero-order valence-corrected chi connectivity index (χ0v) is 9.79. The van der Waals surface area contributed by atoms with Gasteiger partial charge in [0.15, 0.2) is 0 Å². The van der Waals surface area contributed by atoms with E-state index in [1.807, 2.05) is 0 Å². The molecule has 0 aromatic heterocycles. The van der Waals surface area contributed by atoms with E-state index in [9.17, 15) is 0 Å². The predicted octanol–water partition coefficient (Wildman–Crippen LogP) is 3.31. The van der Waals surface area contributed by atoms with Crippen molar-refractivity contribution in [1.82, 2.24) is 5.32 Å². The van der Waals surface area contributed by atoms with Gasteiger partial charge in [-0.2, -0.15) is 0 Å². The molecule has 1 heteroatoms. The van der Waals surface area contributed by atoms with E-state index in [1.165, 1.54) is 31.2 Å². The molecule has 2 rings (SSSR count). The maximum atomic E-state index is 3.58. The van der Waals surface area contributed by atoms with Crippen LogP contribution in [0.2, 0.25) is 0 Å². The quantitative estimate of drug-likeness (QED) is 0.777. The molecule has 0 amide bonds. The average molecular weight is 203 g/mol. The highest BCUT2D eigenvalue weighted by atomic mass is 15.0. The van der Waals surface area contributed by atoms with Crippen molar-refractivity contribution in [3.05, 3.63) is 35.9 Å². The first-order chi connectivity index (χ1) is 7.29. The summed E-state index contributed by atoms with van der Waals surface area (Å²) < 4.78 is 0. The van der Waals surface area contributed by atoms with Crippen LogP contribution in [0, 0.1) is 5.92 Å². The Labute approximate surface area is 92.9 Å². The van der Waals surface area contributed by atoms with Crippen LogP contribution < -0.4 is 5.32 Å². The van der Waals surface area contributed by atoms with Crippen molar-refractivity contribution in [1.29, 1.82) is 0 Å². The molecule has 1 nitrogen and oxygen atoms in total. The van der Waals surface area contributed by atoms with Gasteiger partial charge in [-0.15, -0.1) is 0 Å². The molecule has 1 N–H and O–H groups in total. The Balaban J connectivity index is 2.35. The molecule has 1 fully saturated rings. The summed E-state index contributed by atoms with van der Waals surface area (Å²) in [5.74, 6) is 0.735. The molecule has 0 spiro atoms. The average Bonchev–Trinajstić information content (AvgIpc) is 2.31. The molecule has 1 aromatic carbocycles. The lowest BCUT2D eigenvalue weighted by Gasteiger charge is -2.43. The second-order valence-electron chi connectivity index (χ2n) is 4.73. The zero-order valence-electron chi connectivity index (χ0n) is 9.79. The van der Waals surface area contributed by atoms with Gasteiger partial charge in [0.05, 0.1) is 0 Å². The molecule has 0 aliphatic heterocycles.